The topological polar surface area (TPSA) is 75.4 Å². The van der Waals surface area contributed by atoms with Crippen LogP contribution in [0.25, 0.3) is 0 Å². The number of carbonyl (C=O) groups is 2. The zero-order valence-corrected chi connectivity index (χ0v) is 12.5. The van der Waals surface area contributed by atoms with Gasteiger partial charge in [0.15, 0.2) is 0 Å². The lowest BCUT2D eigenvalue weighted by Gasteiger charge is -2.29. The summed E-state index contributed by atoms with van der Waals surface area (Å²) in [7, 11) is 0. The molecular formula is C11H22ClN3O2S. The molecule has 0 aliphatic carbocycles. The van der Waals surface area contributed by atoms with Crippen LogP contribution in [-0.4, -0.2) is 53.4 Å². The molecule has 106 valence electrons. The van der Waals surface area contributed by atoms with Gasteiger partial charge >= 0.3 is 0 Å². The molecule has 1 rings (SSSR count). The van der Waals surface area contributed by atoms with Crippen molar-refractivity contribution < 1.29 is 9.59 Å². The molecule has 2 amide bonds. The number of hydrogen-bond acceptors (Lipinski definition) is 4. The number of halogens is 1. The molecule has 18 heavy (non-hydrogen) atoms. The van der Waals surface area contributed by atoms with Gasteiger partial charge in [-0.05, 0) is 13.8 Å². The third-order valence-electron chi connectivity index (χ3n) is 2.69. The van der Waals surface area contributed by atoms with Gasteiger partial charge in [0.1, 0.15) is 0 Å². The molecule has 0 spiro atoms. The van der Waals surface area contributed by atoms with Crippen molar-refractivity contribution in [3.8, 4) is 0 Å². The lowest BCUT2D eigenvalue weighted by molar-refractivity contribution is -0.137. The number of primary amides is 1. The highest BCUT2D eigenvalue weighted by atomic mass is 35.5. The van der Waals surface area contributed by atoms with Gasteiger partial charge in [-0.2, -0.15) is 11.8 Å². The van der Waals surface area contributed by atoms with Crippen LogP contribution in [0, 0.1) is 0 Å². The van der Waals surface area contributed by atoms with Gasteiger partial charge in [0.05, 0.1) is 6.54 Å². The predicted molar refractivity (Wildman–Crippen MR) is 77.0 cm³/mol. The molecule has 1 atom stereocenters. The van der Waals surface area contributed by atoms with E-state index in [-0.39, 0.29) is 36.9 Å². The quantitative estimate of drug-likeness (QED) is 0.761. The normalized spacial score (nSPS) is 19.2. The molecule has 0 bridgehead atoms. The summed E-state index contributed by atoms with van der Waals surface area (Å²) in [5.74, 6) is 1.59. The van der Waals surface area contributed by atoms with Crippen LogP contribution in [0.1, 0.15) is 20.3 Å². The molecule has 0 radical (unpaired) electrons. The third kappa shape index (κ3) is 5.93. The Morgan fingerprint density at radius 2 is 2.17 bits per heavy atom. The summed E-state index contributed by atoms with van der Waals surface area (Å²) in [6.07, 6.45) is 0.443. The number of carbonyl (C=O) groups excluding carboxylic acids is 2. The molecular weight excluding hydrogens is 274 g/mol. The second-order valence-electron chi connectivity index (χ2n) is 4.51. The molecule has 0 aromatic rings. The van der Waals surface area contributed by atoms with E-state index in [1.54, 1.807) is 4.90 Å². The van der Waals surface area contributed by atoms with Crippen molar-refractivity contribution in [3.63, 3.8) is 0 Å². The lowest BCUT2D eigenvalue weighted by atomic mass is 10.2. The van der Waals surface area contributed by atoms with E-state index < -0.39 is 5.91 Å². The summed E-state index contributed by atoms with van der Waals surface area (Å²) in [6.45, 7) is 4.74. The Morgan fingerprint density at radius 3 is 2.61 bits per heavy atom. The first-order valence-electron chi connectivity index (χ1n) is 5.89. The van der Waals surface area contributed by atoms with Crippen molar-refractivity contribution in [3.05, 3.63) is 0 Å². The van der Waals surface area contributed by atoms with Crippen LogP contribution < -0.4 is 11.1 Å². The van der Waals surface area contributed by atoms with E-state index in [0.717, 1.165) is 18.1 Å². The molecule has 0 saturated carbocycles. The van der Waals surface area contributed by atoms with Gasteiger partial charge in [-0.1, -0.05) is 0 Å². The van der Waals surface area contributed by atoms with Gasteiger partial charge in [-0.15, -0.1) is 12.4 Å². The Morgan fingerprint density at radius 1 is 1.50 bits per heavy atom. The molecule has 5 nitrogen and oxygen atoms in total. The summed E-state index contributed by atoms with van der Waals surface area (Å²) in [5, 5.41) is 3.31. The van der Waals surface area contributed by atoms with E-state index >= 15 is 0 Å². The van der Waals surface area contributed by atoms with E-state index in [4.69, 9.17) is 5.73 Å². The molecule has 1 aliphatic rings. The van der Waals surface area contributed by atoms with Gasteiger partial charge in [0.25, 0.3) is 0 Å². The summed E-state index contributed by atoms with van der Waals surface area (Å²) in [4.78, 5) is 24.5. The van der Waals surface area contributed by atoms with Gasteiger partial charge in [-0.3, -0.25) is 9.59 Å². The van der Waals surface area contributed by atoms with Crippen LogP contribution in [0.3, 0.4) is 0 Å². The maximum absolute atomic E-state index is 12.1. The zero-order chi connectivity index (χ0) is 12.8. The highest BCUT2D eigenvalue weighted by Crippen LogP contribution is 2.12. The molecule has 1 saturated heterocycles. The maximum atomic E-state index is 12.1. The van der Waals surface area contributed by atoms with Crippen LogP contribution in [0.4, 0.5) is 0 Å². The number of nitrogens with zero attached hydrogens (tertiary/aromatic N) is 1. The van der Waals surface area contributed by atoms with E-state index in [0.29, 0.717) is 6.42 Å². The third-order valence-corrected chi connectivity index (χ3v) is 3.82. The van der Waals surface area contributed by atoms with Crippen LogP contribution >= 0.6 is 24.2 Å². The molecule has 7 heteroatoms. The van der Waals surface area contributed by atoms with E-state index in [1.165, 1.54) is 0 Å². The highest BCUT2D eigenvalue weighted by molar-refractivity contribution is 7.99. The van der Waals surface area contributed by atoms with Crippen LogP contribution in [0.2, 0.25) is 0 Å². The van der Waals surface area contributed by atoms with Crippen molar-refractivity contribution in [1.82, 2.24) is 10.2 Å². The van der Waals surface area contributed by atoms with Crippen molar-refractivity contribution in [2.45, 2.75) is 32.4 Å². The van der Waals surface area contributed by atoms with Gasteiger partial charge in [0, 0.05) is 36.6 Å². The summed E-state index contributed by atoms with van der Waals surface area (Å²) >= 11 is 1.85. The zero-order valence-electron chi connectivity index (χ0n) is 10.8. The van der Waals surface area contributed by atoms with Gasteiger partial charge < -0.3 is 16.0 Å². The standard InChI is InChI=1S/C11H21N3O2S.ClH/c1-8(2)14(6-10(12)15)11(16)5-9-7-17-4-3-13-9;/h8-9,13H,3-7H2,1-2H3,(H2,12,15);1H. The molecule has 1 unspecified atom stereocenters. The number of thioether (sulfide) groups is 1. The minimum absolute atomic E-state index is 0. The molecule has 0 aromatic heterocycles. The molecule has 3 N–H and O–H groups in total. The van der Waals surface area contributed by atoms with Crippen molar-refractivity contribution >= 4 is 36.0 Å². The van der Waals surface area contributed by atoms with E-state index in [1.807, 2.05) is 25.6 Å². The molecule has 1 fully saturated rings. The van der Waals surface area contributed by atoms with Crippen LogP contribution in [-0.2, 0) is 9.59 Å². The molecule has 0 aromatic carbocycles. The average molecular weight is 296 g/mol. The fraction of sp³-hybridized carbons (Fsp3) is 0.818. The number of hydrogen-bond donors (Lipinski definition) is 2. The van der Waals surface area contributed by atoms with Crippen LogP contribution in [0.15, 0.2) is 0 Å². The molecule has 1 heterocycles. The predicted octanol–water partition coefficient (Wildman–Crippen LogP) is 0.226. The summed E-state index contributed by atoms with van der Waals surface area (Å²) in [6, 6.07) is 0.224. The monoisotopic (exact) mass is 295 g/mol. The molecule has 1 aliphatic heterocycles. The minimum Gasteiger partial charge on any atom is -0.368 e. The van der Waals surface area contributed by atoms with Gasteiger partial charge in [-0.25, -0.2) is 0 Å². The number of rotatable bonds is 5. The van der Waals surface area contributed by atoms with Gasteiger partial charge in [0.2, 0.25) is 11.8 Å². The maximum Gasteiger partial charge on any atom is 0.237 e. The fourth-order valence-corrected chi connectivity index (χ4v) is 2.75. The SMILES string of the molecule is CC(C)N(CC(N)=O)C(=O)CC1CSCCN1.Cl. The minimum atomic E-state index is -0.460. The summed E-state index contributed by atoms with van der Waals surface area (Å²) < 4.78 is 0. The Hall–Kier alpha value is -0.460. The Labute approximate surface area is 119 Å². The van der Waals surface area contributed by atoms with Crippen molar-refractivity contribution in [1.29, 1.82) is 0 Å². The second-order valence-corrected chi connectivity index (χ2v) is 5.66. The Kier molecular flexibility index (Phi) is 8.39. The summed E-state index contributed by atoms with van der Waals surface area (Å²) in [5.41, 5.74) is 5.15. The highest BCUT2D eigenvalue weighted by Gasteiger charge is 2.23. The number of amides is 2. The van der Waals surface area contributed by atoms with E-state index in [2.05, 4.69) is 5.32 Å². The largest absolute Gasteiger partial charge is 0.368 e. The van der Waals surface area contributed by atoms with Crippen molar-refractivity contribution in [2.75, 3.05) is 24.6 Å². The fourth-order valence-electron chi connectivity index (χ4n) is 1.81. The smallest absolute Gasteiger partial charge is 0.237 e. The first-order chi connectivity index (χ1) is 8.00. The van der Waals surface area contributed by atoms with Crippen LogP contribution in [0.5, 0.6) is 0 Å². The Balaban J connectivity index is 0.00000289. The average Bonchev–Trinajstić information content (AvgIpc) is 2.26. The lowest BCUT2D eigenvalue weighted by Crippen LogP contribution is -2.47. The second kappa shape index (κ2) is 8.61. The first kappa shape index (κ1) is 17.5. The number of nitrogens with one attached hydrogen (secondary N) is 1. The van der Waals surface area contributed by atoms with Crippen molar-refractivity contribution in [2.24, 2.45) is 5.73 Å². The first-order valence-corrected chi connectivity index (χ1v) is 7.05. The number of nitrogens with two attached hydrogens (primary N) is 1. The van der Waals surface area contributed by atoms with E-state index in [9.17, 15) is 9.59 Å². The Bertz CT molecular complexity index is 283.